The number of nitrogens with one attached hydrogen (secondary N) is 1. The van der Waals surface area contributed by atoms with Gasteiger partial charge in [0.05, 0.1) is 5.75 Å². The zero-order valence-corrected chi connectivity index (χ0v) is 10.1. The zero-order valence-electron chi connectivity index (χ0n) is 8.43. The molecule has 0 aromatic carbocycles. The van der Waals surface area contributed by atoms with Crippen molar-refractivity contribution in [3.8, 4) is 0 Å². The van der Waals surface area contributed by atoms with Gasteiger partial charge in [-0.3, -0.25) is 4.79 Å². The molecule has 2 N–H and O–H groups in total. The summed E-state index contributed by atoms with van der Waals surface area (Å²) in [7, 11) is 0. The summed E-state index contributed by atoms with van der Waals surface area (Å²) in [5, 5.41) is 13.1. The van der Waals surface area contributed by atoms with E-state index in [1.165, 1.54) is 11.8 Å². The number of aromatic carboxylic acids is 1. The second-order valence-electron chi connectivity index (χ2n) is 2.83. The summed E-state index contributed by atoms with van der Waals surface area (Å²) in [4.78, 5) is 22.9. The summed E-state index contributed by atoms with van der Waals surface area (Å²) in [6.45, 7) is 3.94. The van der Waals surface area contributed by atoms with Crippen LogP contribution >= 0.6 is 23.1 Å². The number of carboxylic acids is 1. The van der Waals surface area contributed by atoms with Crippen molar-refractivity contribution in [3.05, 3.63) is 29.0 Å². The lowest BCUT2D eigenvalue weighted by Gasteiger charge is -2.00. The van der Waals surface area contributed by atoms with Gasteiger partial charge in [0.1, 0.15) is 4.88 Å². The maximum atomic E-state index is 11.2. The van der Waals surface area contributed by atoms with E-state index < -0.39 is 5.97 Å². The number of carbonyl (C=O) groups excluding carboxylic acids is 1. The Morgan fingerprint density at radius 3 is 2.94 bits per heavy atom. The lowest BCUT2D eigenvalue weighted by molar-refractivity contribution is -0.118. The summed E-state index contributed by atoms with van der Waals surface area (Å²) < 4.78 is 0. The molecule has 0 bridgehead atoms. The van der Waals surface area contributed by atoms with Gasteiger partial charge in [0.15, 0.2) is 0 Å². The third kappa shape index (κ3) is 4.08. The molecule has 0 fully saturated rings. The van der Waals surface area contributed by atoms with Crippen LogP contribution in [0.25, 0.3) is 0 Å². The van der Waals surface area contributed by atoms with Crippen molar-refractivity contribution in [2.24, 2.45) is 0 Å². The first-order valence-electron chi connectivity index (χ1n) is 4.45. The fourth-order valence-electron chi connectivity index (χ4n) is 0.893. The molecule has 0 aliphatic heterocycles. The Hall–Kier alpha value is -1.27. The fraction of sp³-hybridized carbons (Fsp3) is 0.200. The van der Waals surface area contributed by atoms with Crippen LogP contribution in [0, 0.1) is 0 Å². The van der Waals surface area contributed by atoms with Gasteiger partial charge in [0, 0.05) is 16.8 Å². The highest BCUT2D eigenvalue weighted by molar-refractivity contribution is 8.00. The molecule has 0 unspecified atom stereocenters. The van der Waals surface area contributed by atoms with Crippen LogP contribution < -0.4 is 5.32 Å². The lowest BCUT2D eigenvalue weighted by Crippen LogP contribution is -2.24. The fourth-order valence-corrected chi connectivity index (χ4v) is 2.59. The lowest BCUT2D eigenvalue weighted by atomic mass is 10.5. The van der Waals surface area contributed by atoms with Crippen molar-refractivity contribution < 1.29 is 14.7 Å². The van der Waals surface area contributed by atoms with E-state index in [-0.39, 0.29) is 16.5 Å². The summed E-state index contributed by atoms with van der Waals surface area (Å²) in [6, 6.07) is 1.57. The number of carbonyl (C=O) groups is 2. The van der Waals surface area contributed by atoms with Gasteiger partial charge in [0.25, 0.3) is 0 Å². The van der Waals surface area contributed by atoms with E-state index in [2.05, 4.69) is 11.9 Å². The zero-order chi connectivity index (χ0) is 12.0. The van der Waals surface area contributed by atoms with Gasteiger partial charge < -0.3 is 10.4 Å². The van der Waals surface area contributed by atoms with Crippen molar-refractivity contribution >= 4 is 35.0 Å². The Morgan fingerprint density at radius 2 is 2.38 bits per heavy atom. The number of thioether (sulfide) groups is 1. The molecule has 6 heteroatoms. The Balaban J connectivity index is 2.39. The SMILES string of the molecule is C=CCNC(=O)CSc1csc(C(=O)O)c1. The van der Waals surface area contributed by atoms with Crippen molar-refractivity contribution in [2.45, 2.75) is 4.90 Å². The summed E-state index contributed by atoms with van der Waals surface area (Å²) in [6.07, 6.45) is 1.61. The van der Waals surface area contributed by atoms with Crippen molar-refractivity contribution in [1.82, 2.24) is 5.32 Å². The van der Waals surface area contributed by atoms with Crippen LogP contribution in [-0.2, 0) is 4.79 Å². The molecule has 1 amide bonds. The molecule has 86 valence electrons. The van der Waals surface area contributed by atoms with E-state index in [9.17, 15) is 9.59 Å². The Bertz CT molecular complexity index is 401. The first-order valence-corrected chi connectivity index (χ1v) is 6.32. The Kier molecular flexibility index (Phi) is 5.07. The summed E-state index contributed by atoms with van der Waals surface area (Å²) in [5.74, 6) is -0.746. The number of carboxylic acid groups (broad SMARTS) is 1. The van der Waals surface area contributed by atoms with Crippen molar-refractivity contribution in [3.63, 3.8) is 0 Å². The standard InChI is InChI=1S/C10H11NO3S2/c1-2-3-11-9(12)6-15-7-4-8(10(13)14)16-5-7/h2,4-5H,1,3,6H2,(H,11,12)(H,13,14). The van der Waals surface area contributed by atoms with Gasteiger partial charge >= 0.3 is 5.97 Å². The molecule has 0 aliphatic carbocycles. The monoisotopic (exact) mass is 257 g/mol. The number of hydrogen-bond donors (Lipinski definition) is 2. The van der Waals surface area contributed by atoms with Crippen LogP contribution in [0.2, 0.25) is 0 Å². The third-order valence-corrected chi connectivity index (χ3v) is 3.64. The van der Waals surface area contributed by atoms with E-state index in [4.69, 9.17) is 5.11 Å². The molecule has 1 heterocycles. The van der Waals surface area contributed by atoms with Crippen molar-refractivity contribution in [1.29, 1.82) is 0 Å². The molecular formula is C10H11NO3S2. The molecule has 0 atom stereocenters. The van der Waals surface area contributed by atoms with E-state index in [0.717, 1.165) is 16.2 Å². The van der Waals surface area contributed by atoms with Crippen LogP contribution in [0.5, 0.6) is 0 Å². The minimum Gasteiger partial charge on any atom is -0.477 e. The molecular weight excluding hydrogens is 246 g/mol. The molecule has 0 radical (unpaired) electrons. The van der Waals surface area contributed by atoms with E-state index in [1.54, 1.807) is 17.5 Å². The second kappa shape index (κ2) is 6.34. The molecule has 0 aliphatic rings. The topological polar surface area (TPSA) is 66.4 Å². The maximum Gasteiger partial charge on any atom is 0.345 e. The molecule has 0 spiro atoms. The second-order valence-corrected chi connectivity index (χ2v) is 4.79. The van der Waals surface area contributed by atoms with Gasteiger partial charge in [-0.25, -0.2) is 4.79 Å². The Labute approximate surface area is 101 Å². The smallest absolute Gasteiger partial charge is 0.345 e. The largest absolute Gasteiger partial charge is 0.477 e. The number of thiophene rings is 1. The van der Waals surface area contributed by atoms with Crippen LogP contribution in [0.3, 0.4) is 0 Å². The molecule has 16 heavy (non-hydrogen) atoms. The normalized spacial score (nSPS) is 9.75. The number of hydrogen-bond acceptors (Lipinski definition) is 4. The molecule has 0 saturated carbocycles. The average molecular weight is 257 g/mol. The van der Waals surface area contributed by atoms with Gasteiger partial charge in [-0.1, -0.05) is 6.08 Å². The average Bonchev–Trinajstić information content (AvgIpc) is 2.72. The first-order chi connectivity index (χ1) is 7.63. The number of rotatable bonds is 6. The minimum atomic E-state index is -0.937. The van der Waals surface area contributed by atoms with Gasteiger partial charge in [-0.2, -0.15) is 0 Å². The van der Waals surface area contributed by atoms with Crippen molar-refractivity contribution in [2.75, 3.05) is 12.3 Å². The third-order valence-electron chi connectivity index (χ3n) is 1.60. The molecule has 1 aromatic rings. The van der Waals surface area contributed by atoms with Gasteiger partial charge in [0.2, 0.25) is 5.91 Å². The van der Waals surface area contributed by atoms with Gasteiger partial charge in [-0.05, 0) is 6.07 Å². The predicted octanol–water partition coefficient (Wildman–Crippen LogP) is 1.84. The first kappa shape index (κ1) is 12.8. The molecule has 0 saturated heterocycles. The number of amides is 1. The molecule has 1 rings (SSSR count). The molecule has 1 aromatic heterocycles. The molecule has 4 nitrogen and oxygen atoms in total. The maximum absolute atomic E-state index is 11.2. The summed E-state index contributed by atoms with van der Waals surface area (Å²) >= 11 is 2.48. The highest BCUT2D eigenvalue weighted by atomic mass is 32.2. The van der Waals surface area contributed by atoms with Crippen LogP contribution in [0.15, 0.2) is 29.0 Å². The summed E-state index contributed by atoms with van der Waals surface area (Å²) in [5.41, 5.74) is 0. The quantitative estimate of drug-likeness (QED) is 0.603. The van der Waals surface area contributed by atoms with Crippen LogP contribution in [0.1, 0.15) is 9.67 Å². The highest BCUT2D eigenvalue weighted by Gasteiger charge is 2.08. The van der Waals surface area contributed by atoms with E-state index >= 15 is 0 Å². The minimum absolute atomic E-state index is 0.0898. The predicted molar refractivity (Wildman–Crippen MR) is 65.2 cm³/mol. The van der Waals surface area contributed by atoms with Crippen LogP contribution in [0.4, 0.5) is 0 Å². The Morgan fingerprint density at radius 1 is 1.62 bits per heavy atom. The van der Waals surface area contributed by atoms with E-state index in [0.29, 0.717) is 6.54 Å². The van der Waals surface area contributed by atoms with Crippen LogP contribution in [-0.4, -0.2) is 29.3 Å². The van der Waals surface area contributed by atoms with Gasteiger partial charge in [-0.15, -0.1) is 29.7 Å². The van der Waals surface area contributed by atoms with E-state index in [1.807, 2.05) is 0 Å². The highest BCUT2D eigenvalue weighted by Crippen LogP contribution is 2.24.